The van der Waals surface area contributed by atoms with Crippen molar-refractivity contribution in [3.8, 4) is 0 Å². The van der Waals surface area contributed by atoms with E-state index in [1.165, 1.54) is 0 Å². The van der Waals surface area contributed by atoms with Gasteiger partial charge in [0.2, 0.25) is 0 Å². The van der Waals surface area contributed by atoms with E-state index in [0.717, 1.165) is 28.5 Å². The number of benzene rings is 1. The predicted octanol–water partition coefficient (Wildman–Crippen LogP) is 4.38. The van der Waals surface area contributed by atoms with Crippen LogP contribution in [0, 0.1) is 6.92 Å². The van der Waals surface area contributed by atoms with Gasteiger partial charge in [0.05, 0.1) is 5.03 Å². The number of carbonyl (C=O) groups is 2. The van der Waals surface area contributed by atoms with Crippen LogP contribution in [-0.2, 0) is 4.79 Å². The molecule has 1 heterocycles. The predicted molar refractivity (Wildman–Crippen MR) is 100 cm³/mol. The van der Waals surface area contributed by atoms with Gasteiger partial charge in [-0.2, -0.15) is 0 Å². The lowest BCUT2D eigenvalue weighted by atomic mass is 10.2. The number of carboxylic acid groups (broad SMARTS) is 1. The third-order valence-electron chi connectivity index (χ3n) is 3.34. The number of hydrogen-bond acceptors (Lipinski definition) is 4. The maximum absolute atomic E-state index is 12.0. The van der Waals surface area contributed by atoms with E-state index in [-0.39, 0.29) is 12.5 Å². The minimum atomic E-state index is -0.770. The van der Waals surface area contributed by atoms with Crippen LogP contribution in [0.1, 0.15) is 24.8 Å². The minimum absolute atomic E-state index is 0.189. The van der Waals surface area contributed by atoms with E-state index in [1.807, 2.05) is 31.2 Å². The van der Waals surface area contributed by atoms with E-state index in [1.54, 1.807) is 30.1 Å². The molecule has 2 aromatic rings. The van der Waals surface area contributed by atoms with Crippen LogP contribution in [-0.4, -0.2) is 27.8 Å². The lowest BCUT2D eigenvalue weighted by Gasteiger charge is -2.09. The Morgan fingerprint density at radius 1 is 1.08 bits per heavy atom. The van der Waals surface area contributed by atoms with Gasteiger partial charge in [0.1, 0.15) is 0 Å². The van der Waals surface area contributed by atoms with Crippen LogP contribution in [0.25, 0.3) is 0 Å². The number of nitrogens with zero attached hydrogens (tertiary/aromatic N) is 1. The van der Waals surface area contributed by atoms with Crippen molar-refractivity contribution in [2.45, 2.75) is 31.2 Å². The third kappa shape index (κ3) is 7.26. The monoisotopic (exact) mass is 359 g/mol. The second-order valence-electron chi connectivity index (χ2n) is 5.53. The van der Waals surface area contributed by atoms with Crippen molar-refractivity contribution in [3.63, 3.8) is 0 Å². The molecule has 0 aliphatic carbocycles. The molecule has 1 aromatic carbocycles. The van der Waals surface area contributed by atoms with Crippen LogP contribution < -0.4 is 10.6 Å². The first-order chi connectivity index (χ1) is 12.0. The Morgan fingerprint density at radius 2 is 1.80 bits per heavy atom. The number of aromatic nitrogens is 1. The minimum Gasteiger partial charge on any atom is -0.481 e. The Kier molecular flexibility index (Phi) is 7.28. The molecule has 25 heavy (non-hydrogen) atoms. The van der Waals surface area contributed by atoms with Gasteiger partial charge in [0.25, 0.3) is 0 Å². The molecular weight excluding hydrogens is 338 g/mol. The maximum atomic E-state index is 12.0. The lowest BCUT2D eigenvalue weighted by Crippen LogP contribution is -2.19. The number of carbonyl (C=O) groups excluding carboxylic acids is 1. The Balaban J connectivity index is 1.80. The second-order valence-corrected chi connectivity index (χ2v) is 6.64. The highest BCUT2D eigenvalue weighted by Gasteiger charge is 2.05. The van der Waals surface area contributed by atoms with Gasteiger partial charge >= 0.3 is 12.0 Å². The molecule has 0 saturated heterocycles. The second kappa shape index (κ2) is 9.68. The molecular formula is C18H21N3O3S. The first-order valence-electron chi connectivity index (χ1n) is 7.98. The van der Waals surface area contributed by atoms with Crippen molar-refractivity contribution in [2.75, 3.05) is 16.4 Å². The summed E-state index contributed by atoms with van der Waals surface area (Å²) >= 11 is 1.54. The summed E-state index contributed by atoms with van der Waals surface area (Å²) in [6.07, 6.45) is 3.29. The molecule has 0 bridgehead atoms. The molecule has 2 amide bonds. The molecule has 1 aromatic heterocycles. The highest BCUT2D eigenvalue weighted by Crippen LogP contribution is 2.20. The highest BCUT2D eigenvalue weighted by molar-refractivity contribution is 7.99. The number of nitrogens with one attached hydrogen (secondary N) is 2. The normalized spacial score (nSPS) is 10.3. The Labute approximate surface area is 151 Å². The van der Waals surface area contributed by atoms with Gasteiger partial charge in [0.15, 0.2) is 0 Å². The van der Waals surface area contributed by atoms with Gasteiger partial charge < -0.3 is 15.7 Å². The van der Waals surface area contributed by atoms with E-state index in [0.29, 0.717) is 12.1 Å². The Hall–Kier alpha value is -2.54. The number of anilines is 2. The first kappa shape index (κ1) is 18.8. The number of carboxylic acids is 1. The zero-order valence-corrected chi connectivity index (χ0v) is 14.8. The van der Waals surface area contributed by atoms with Crippen LogP contribution in [0.4, 0.5) is 16.2 Å². The summed E-state index contributed by atoms with van der Waals surface area (Å²) in [5.41, 5.74) is 2.52. The highest BCUT2D eigenvalue weighted by atomic mass is 32.2. The van der Waals surface area contributed by atoms with Crippen molar-refractivity contribution in [1.29, 1.82) is 0 Å². The standard InChI is InChI=1S/C18H21N3O3S/c1-13-5-7-14(8-6-13)20-18(24)21-15-9-10-19-16(12-15)25-11-3-2-4-17(22)23/h5-10,12H,2-4,11H2,1H3,(H,22,23)(H2,19,20,21,24). The number of urea groups is 1. The number of aliphatic carboxylic acids is 1. The van der Waals surface area contributed by atoms with Crippen molar-refractivity contribution >= 4 is 35.1 Å². The third-order valence-corrected chi connectivity index (χ3v) is 4.35. The Morgan fingerprint density at radius 3 is 2.52 bits per heavy atom. The fourth-order valence-electron chi connectivity index (χ4n) is 2.05. The lowest BCUT2D eigenvalue weighted by molar-refractivity contribution is -0.137. The number of amides is 2. The van der Waals surface area contributed by atoms with E-state index >= 15 is 0 Å². The van der Waals surface area contributed by atoms with Gasteiger partial charge in [-0.25, -0.2) is 9.78 Å². The van der Waals surface area contributed by atoms with E-state index in [2.05, 4.69) is 15.6 Å². The molecule has 2 rings (SSSR count). The largest absolute Gasteiger partial charge is 0.481 e. The summed E-state index contributed by atoms with van der Waals surface area (Å²) in [7, 11) is 0. The van der Waals surface area contributed by atoms with Crippen molar-refractivity contribution in [2.24, 2.45) is 0 Å². The molecule has 132 valence electrons. The van der Waals surface area contributed by atoms with Crippen molar-refractivity contribution in [1.82, 2.24) is 4.98 Å². The zero-order chi connectivity index (χ0) is 18.1. The molecule has 0 aliphatic rings. The van der Waals surface area contributed by atoms with Crippen LogP contribution in [0.5, 0.6) is 0 Å². The molecule has 0 atom stereocenters. The fraction of sp³-hybridized carbons (Fsp3) is 0.278. The number of aryl methyl sites for hydroxylation is 1. The fourth-order valence-corrected chi connectivity index (χ4v) is 2.95. The SMILES string of the molecule is Cc1ccc(NC(=O)Nc2ccnc(SCCCCC(=O)O)c2)cc1. The molecule has 0 fully saturated rings. The van der Waals surface area contributed by atoms with Gasteiger partial charge in [-0.3, -0.25) is 4.79 Å². The van der Waals surface area contributed by atoms with Crippen LogP contribution >= 0.6 is 11.8 Å². The number of pyridine rings is 1. The molecule has 6 nitrogen and oxygen atoms in total. The topological polar surface area (TPSA) is 91.3 Å². The number of hydrogen-bond donors (Lipinski definition) is 3. The average Bonchev–Trinajstić information content (AvgIpc) is 2.57. The molecule has 0 saturated carbocycles. The van der Waals surface area contributed by atoms with Crippen LogP contribution in [0.3, 0.4) is 0 Å². The van der Waals surface area contributed by atoms with E-state index < -0.39 is 5.97 Å². The summed E-state index contributed by atoms with van der Waals surface area (Å²) in [5, 5.41) is 15.0. The Bertz CT molecular complexity index is 720. The quantitative estimate of drug-likeness (QED) is 0.480. The molecule has 0 radical (unpaired) electrons. The summed E-state index contributed by atoms with van der Waals surface area (Å²) in [4.78, 5) is 26.7. The summed E-state index contributed by atoms with van der Waals surface area (Å²) < 4.78 is 0. The van der Waals surface area contributed by atoms with E-state index in [9.17, 15) is 9.59 Å². The summed E-state index contributed by atoms with van der Waals surface area (Å²) in [6, 6.07) is 10.8. The molecule has 0 unspecified atom stereocenters. The molecule has 7 heteroatoms. The summed E-state index contributed by atoms with van der Waals surface area (Å²) in [5.74, 6) is 0.0214. The van der Waals surface area contributed by atoms with Crippen molar-refractivity contribution < 1.29 is 14.7 Å². The number of rotatable bonds is 8. The van der Waals surface area contributed by atoms with Crippen LogP contribution in [0.2, 0.25) is 0 Å². The first-order valence-corrected chi connectivity index (χ1v) is 8.97. The van der Waals surface area contributed by atoms with Gasteiger partial charge in [0, 0.05) is 24.0 Å². The average molecular weight is 359 g/mol. The van der Waals surface area contributed by atoms with Crippen molar-refractivity contribution in [3.05, 3.63) is 48.2 Å². The van der Waals surface area contributed by atoms with Gasteiger partial charge in [-0.15, -0.1) is 11.8 Å². The van der Waals surface area contributed by atoms with Crippen LogP contribution in [0.15, 0.2) is 47.6 Å². The van der Waals surface area contributed by atoms with Gasteiger partial charge in [-0.1, -0.05) is 17.7 Å². The van der Waals surface area contributed by atoms with Gasteiger partial charge in [-0.05, 0) is 49.8 Å². The maximum Gasteiger partial charge on any atom is 0.323 e. The molecule has 0 spiro atoms. The van der Waals surface area contributed by atoms with E-state index in [4.69, 9.17) is 5.11 Å². The summed E-state index contributed by atoms with van der Waals surface area (Å²) in [6.45, 7) is 1.99. The molecule has 0 aliphatic heterocycles. The number of unbranched alkanes of at least 4 members (excludes halogenated alkanes) is 1. The zero-order valence-electron chi connectivity index (χ0n) is 14.0. The smallest absolute Gasteiger partial charge is 0.323 e. The molecule has 3 N–H and O–H groups in total. The number of thioether (sulfide) groups is 1.